The Labute approximate surface area is 205 Å². The molecule has 1 aromatic heterocycles. The van der Waals surface area contributed by atoms with Gasteiger partial charge in [-0.05, 0) is 66.9 Å². The molecule has 0 amide bonds. The first kappa shape index (κ1) is 26.2. The molecular formula is C26H29FN2O5S. The maximum Gasteiger partial charge on any atom is 0.337 e. The Bertz CT molecular complexity index is 1260. The Morgan fingerprint density at radius 1 is 1.09 bits per heavy atom. The highest BCUT2D eigenvalue weighted by Crippen LogP contribution is 2.36. The van der Waals surface area contributed by atoms with Crippen molar-refractivity contribution in [2.45, 2.75) is 32.4 Å². The second kappa shape index (κ2) is 11.3. The van der Waals surface area contributed by atoms with Crippen LogP contribution in [-0.2, 0) is 21.4 Å². The van der Waals surface area contributed by atoms with Crippen LogP contribution in [-0.4, -0.2) is 39.7 Å². The molecule has 0 bridgehead atoms. The number of aryl methyl sites for hydroxylation is 2. The second-order valence-electron chi connectivity index (χ2n) is 8.34. The van der Waals surface area contributed by atoms with E-state index in [2.05, 4.69) is 4.98 Å². The molecule has 7 nitrogen and oxygen atoms in total. The van der Waals surface area contributed by atoms with Gasteiger partial charge in [-0.3, -0.25) is 8.70 Å². The molecular weight excluding hydrogens is 471 g/mol. The second-order valence-corrected chi connectivity index (χ2v) is 10.2. The van der Waals surface area contributed by atoms with Gasteiger partial charge in [0.05, 0.1) is 25.0 Å². The van der Waals surface area contributed by atoms with E-state index < -0.39 is 28.6 Å². The molecule has 3 aromatic rings. The van der Waals surface area contributed by atoms with Gasteiger partial charge < -0.3 is 9.47 Å². The average molecular weight is 501 g/mol. The summed E-state index contributed by atoms with van der Waals surface area (Å²) in [4.78, 5) is 15.7. The van der Waals surface area contributed by atoms with Crippen LogP contribution in [0.25, 0.3) is 0 Å². The van der Waals surface area contributed by atoms with Crippen molar-refractivity contribution in [3.8, 4) is 5.75 Å². The number of aromatic nitrogens is 1. The van der Waals surface area contributed by atoms with Gasteiger partial charge in [0.2, 0.25) is 0 Å². The number of alkyl halides is 1. The molecule has 3 rings (SSSR count). The third-order valence-corrected chi connectivity index (χ3v) is 7.24. The standard InChI is InChI=1S/C26H29FN2O5S/c1-18(15-27)16-29(35(31,32)25-7-5-6-12-28-25)23-13-19(2)20(3)14-24(23)34-17-21-8-10-22(11-9-21)26(30)33-4/h5-14,18H,15-17H2,1-4H3/t18-/m0/s1. The lowest BCUT2D eigenvalue weighted by molar-refractivity contribution is 0.0600. The molecule has 0 radical (unpaired) electrons. The SMILES string of the molecule is COC(=O)c1ccc(COc2cc(C)c(C)cc2N(C[C@@H](C)CF)S(=O)(=O)c2ccccn2)cc1. The van der Waals surface area contributed by atoms with Crippen molar-refractivity contribution in [3.63, 3.8) is 0 Å². The molecule has 0 saturated carbocycles. The number of pyridine rings is 1. The summed E-state index contributed by atoms with van der Waals surface area (Å²) < 4.78 is 52.6. The quantitative estimate of drug-likeness (QED) is 0.370. The van der Waals surface area contributed by atoms with Gasteiger partial charge in [-0.1, -0.05) is 25.1 Å². The van der Waals surface area contributed by atoms with E-state index in [0.29, 0.717) is 17.0 Å². The molecule has 186 valence electrons. The number of rotatable bonds is 10. The fourth-order valence-electron chi connectivity index (χ4n) is 3.37. The number of hydrogen-bond donors (Lipinski definition) is 0. The van der Waals surface area contributed by atoms with Gasteiger partial charge in [0.15, 0.2) is 5.03 Å². The lowest BCUT2D eigenvalue weighted by atomic mass is 10.1. The number of benzene rings is 2. The van der Waals surface area contributed by atoms with Gasteiger partial charge in [-0.2, -0.15) is 8.42 Å². The topological polar surface area (TPSA) is 85.8 Å². The molecule has 0 fully saturated rings. The van der Waals surface area contributed by atoms with Crippen LogP contribution in [0, 0.1) is 19.8 Å². The number of halogens is 1. The maximum atomic E-state index is 13.6. The highest BCUT2D eigenvalue weighted by atomic mass is 32.2. The summed E-state index contributed by atoms with van der Waals surface area (Å²) in [6.45, 7) is 4.79. The largest absolute Gasteiger partial charge is 0.487 e. The Hall–Kier alpha value is -3.46. The van der Waals surface area contributed by atoms with Gasteiger partial charge in [0, 0.05) is 18.7 Å². The zero-order chi connectivity index (χ0) is 25.6. The zero-order valence-corrected chi connectivity index (χ0v) is 21.0. The molecule has 1 heterocycles. The molecule has 2 aromatic carbocycles. The molecule has 35 heavy (non-hydrogen) atoms. The van der Waals surface area contributed by atoms with Gasteiger partial charge in [-0.25, -0.2) is 9.78 Å². The van der Waals surface area contributed by atoms with E-state index in [1.54, 1.807) is 55.5 Å². The van der Waals surface area contributed by atoms with E-state index in [1.807, 2.05) is 13.8 Å². The number of anilines is 1. The Morgan fingerprint density at radius 3 is 2.37 bits per heavy atom. The van der Waals surface area contributed by atoms with Crippen LogP contribution in [0.2, 0.25) is 0 Å². The van der Waals surface area contributed by atoms with Crippen molar-refractivity contribution in [2.75, 3.05) is 24.6 Å². The lowest BCUT2D eigenvalue weighted by Crippen LogP contribution is -2.36. The van der Waals surface area contributed by atoms with E-state index in [1.165, 1.54) is 23.7 Å². The van der Waals surface area contributed by atoms with Crippen LogP contribution >= 0.6 is 0 Å². The first-order valence-corrected chi connectivity index (χ1v) is 12.5. The summed E-state index contributed by atoms with van der Waals surface area (Å²) in [5.74, 6) is -0.643. The number of hydrogen-bond acceptors (Lipinski definition) is 6. The highest BCUT2D eigenvalue weighted by molar-refractivity contribution is 7.92. The lowest BCUT2D eigenvalue weighted by Gasteiger charge is -2.28. The van der Waals surface area contributed by atoms with E-state index in [-0.39, 0.29) is 18.2 Å². The van der Waals surface area contributed by atoms with Crippen LogP contribution < -0.4 is 9.04 Å². The van der Waals surface area contributed by atoms with Gasteiger partial charge in [0.25, 0.3) is 10.0 Å². The molecule has 0 unspecified atom stereocenters. The third kappa shape index (κ3) is 6.16. The smallest absolute Gasteiger partial charge is 0.337 e. The number of nitrogens with zero attached hydrogens (tertiary/aromatic N) is 2. The number of carbonyl (C=O) groups excluding carboxylic acids is 1. The predicted octanol–water partition coefficient (Wildman–Crippen LogP) is 4.86. The van der Waals surface area contributed by atoms with E-state index in [9.17, 15) is 17.6 Å². The fraction of sp³-hybridized carbons (Fsp3) is 0.308. The van der Waals surface area contributed by atoms with Crippen LogP contribution in [0.5, 0.6) is 5.75 Å². The number of carbonyl (C=O) groups is 1. The number of esters is 1. The summed E-state index contributed by atoms with van der Waals surface area (Å²) in [6, 6.07) is 14.9. The van der Waals surface area contributed by atoms with E-state index in [4.69, 9.17) is 9.47 Å². The summed E-state index contributed by atoms with van der Waals surface area (Å²) >= 11 is 0. The summed E-state index contributed by atoms with van der Waals surface area (Å²) in [7, 11) is -2.77. The van der Waals surface area contributed by atoms with Crippen molar-refractivity contribution in [3.05, 3.63) is 83.0 Å². The maximum absolute atomic E-state index is 13.6. The molecule has 0 aliphatic heterocycles. The van der Waals surface area contributed by atoms with E-state index >= 15 is 0 Å². The van der Waals surface area contributed by atoms with Crippen LogP contribution in [0.1, 0.15) is 34.0 Å². The molecule has 0 aliphatic carbocycles. The first-order chi connectivity index (χ1) is 16.7. The Balaban J connectivity index is 2.00. The first-order valence-electron chi connectivity index (χ1n) is 11.1. The van der Waals surface area contributed by atoms with Gasteiger partial charge in [-0.15, -0.1) is 0 Å². The molecule has 0 N–H and O–H groups in total. The van der Waals surface area contributed by atoms with Crippen LogP contribution in [0.15, 0.2) is 65.8 Å². The number of ether oxygens (including phenoxy) is 2. The van der Waals surface area contributed by atoms with Crippen LogP contribution in [0.4, 0.5) is 10.1 Å². The third-order valence-electron chi connectivity index (χ3n) is 5.55. The normalized spacial score (nSPS) is 12.1. The minimum absolute atomic E-state index is 0.0813. The molecule has 9 heteroatoms. The summed E-state index contributed by atoms with van der Waals surface area (Å²) in [6.07, 6.45) is 1.40. The highest BCUT2D eigenvalue weighted by Gasteiger charge is 2.30. The predicted molar refractivity (Wildman–Crippen MR) is 132 cm³/mol. The Kier molecular flexibility index (Phi) is 8.45. The average Bonchev–Trinajstić information content (AvgIpc) is 2.87. The van der Waals surface area contributed by atoms with Crippen molar-refractivity contribution >= 4 is 21.7 Å². The van der Waals surface area contributed by atoms with Crippen molar-refractivity contribution in [1.29, 1.82) is 0 Å². The van der Waals surface area contributed by atoms with Crippen molar-refractivity contribution in [1.82, 2.24) is 4.98 Å². The molecule has 0 saturated heterocycles. The van der Waals surface area contributed by atoms with Crippen molar-refractivity contribution in [2.24, 2.45) is 5.92 Å². The van der Waals surface area contributed by atoms with Gasteiger partial charge in [0.1, 0.15) is 12.4 Å². The van der Waals surface area contributed by atoms with Crippen molar-refractivity contribution < 1.29 is 27.1 Å². The van der Waals surface area contributed by atoms with E-state index in [0.717, 1.165) is 16.7 Å². The molecule has 0 aliphatic rings. The Morgan fingerprint density at radius 2 is 1.77 bits per heavy atom. The van der Waals surface area contributed by atoms with Gasteiger partial charge >= 0.3 is 5.97 Å². The minimum Gasteiger partial charge on any atom is -0.487 e. The number of sulfonamides is 1. The zero-order valence-electron chi connectivity index (χ0n) is 20.2. The minimum atomic E-state index is -4.09. The monoisotopic (exact) mass is 500 g/mol. The molecule has 1 atom stereocenters. The number of methoxy groups -OCH3 is 1. The molecule has 0 spiro atoms. The fourth-order valence-corrected chi connectivity index (χ4v) is 4.89. The summed E-state index contributed by atoms with van der Waals surface area (Å²) in [5.41, 5.74) is 3.28. The van der Waals surface area contributed by atoms with Crippen LogP contribution in [0.3, 0.4) is 0 Å². The summed E-state index contributed by atoms with van der Waals surface area (Å²) in [5, 5.41) is -0.131.